The van der Waals surface area contributed by atoms with E-state index in [0.29, 0.717) is 25.7 Å². The van der Waals surface area contributed by atoms with Crippen molar-refractivity contribution in [1.29, 1.82) is 0 Å². The second kappa shape index (κ2) is 9.94. The number of fused-ring (bicyclic) bond motifs is 1. The lowest BCUT2D eigenvalue weighted by Gasteiger charge is -2.31. The van der Waals surface area contributed by atoms with Crippen LogP contribution in [0, 0.1) is 0 Å². The molecule has 4 rings (SSSR count). The van der Waals surface area contributed by atoms with Crippen molar-refractivity contribution in [3.05, 3.63) is 67.5 Å². The Kier molecular flexibility index (Phi) is 7.10. The SMILES string of the molecule is CCOC(=O)c1cn([C@H]2CC[C@H](NC(C)=O)CC2)c(=O)n([C@@H]2CCc3c2cccc3C(F)(F)F)c1=O. The summed E-state index contributed by atoms with van der Waals surface area (Å²) in [5.41, 5.74) is -2.35. The lowest BCUT2D eigenvalue weighted by atomic mass is 9.91. The maximum Gasteiger partial charge on any atom is 0.416 e. The molecule has 0 unspecified atom stereocenters. The van der Waals surface area contributed by atoms with Gasteiger partial charge in [0, 0.05) is 25.2 Å². The second-order valence-corrected chi connectivity index (χ2v) is 9.26. The Morgan fingerprint density at radius 3 is 2.42 bits per heavy atom. The summed E-state index contributed by atoms with van der Waals surface area (Å²) >= 11 is 0. The number of aromatic nitrogens is 2. The highest BCUT2D eigenvalue weighted by molar-refractivity contribution is 5.88. The van der Waals surface area contributed by atoms with E-state index in [2.05, 4.69) is 5.32 Å². The number of carbonyl (C=O) groups is 2. The van der Waals surface area contributed by atoms with Crippen LogP contribution >= 0.6 is 0 Å². The number of ether oxygens (including phenoxy) is 1. The van der Waals surface area contributed by atoms with Crippen LogP contribution in [-0.2, 0) is 22.1 Å². The van der Waals surface area contributed by atoms with Crippen LogP contribution in [-0.4, -0.2) is 33.7 Å². The zero-order chi connectivity index (χ0) is 26.2. The maximum absolute atomic E-state index is 13.6. The van der Waals surface area contributed by atoms with Crippen molar-refractivity contribution in [2.24, 2.45) is 0 Å². The lowest BCUT2D eigenvalue weighted by molar-refractivity contribution is -0.138. The van der Waals surface area contributed by atoms with Crippen molar-refractivity contribution in [2.45, 2.75) is 76.7 Å². The van der Waals surface area contributed by atoms with Crippen LogP contribution in [0.5, 0.6) is 0 Å². The Bertz CT molecular complexity index is 1290. The lowest BCUT2D eigenvalue weighted by Crippen LogP contribution is -2.46. The van der Waals surface area contributed by atoms with Gasteiger partial charge in [0.1, 0.15) is 5.56 Å². The first kappa shape index (κ1) is 25.7. The van der Waals surface area contributed by atoms with Gasteiger partial charge in [-0.2, -0.15) is 13.2 Å². The Morgan fingerprint density at radius 2 is 1.81 bits per heavy atom. The number of halogens is 3. The van der Waals surface area contributed by atoms with Crippen LogP contribution in [0.3, 0.4) is 0 Å². The minimum atomic E-state index is -4.56. The molecule has 1 saturated carbocycles. The Labute approximate surface area is 205 Å². The first-order valence-corrected chi connectivity index (χ1v) is 12.0. The molecule has 0 spiro atoms. The minimum Gasteiger partial charge on any atom is -0.462 e. The molecule has 194 valence electrons. The van der Waals surface area contributed by atoms with Crippen molar-refractivity contribution in [3.8, 4) is 0 Å². The molecule has 0 saturated heterocycles. The van der Waals surface area contributed by atoms with E-state index in [4.69, 9.17) is 4.74 Å². The Balaban J connectivity index is 1.81. The van der Waals surface area contributed by atoms with Crippen LogP contribution < -0.4 is 16.6 Å². The van der Waals surface area contributed by atoms with Crippen molar-refractivity contribution >= 4 is 11.9 Å². The van der Waals surface area contributed by atoms with Crippen LogP contribution in [0.25, 0.3) is 0 Å². The quantitative estimate of drug-likeness (QED) is 0.626. The maximum atomic E-state index is 13.6. The van der Waals surface area contributed by atoms with E-state index in [1.54, 1.807) is 6.92 Å². The molecule has 2 aromatic rings. The summed E-state index contributed by atoms with van der Waals surface area (Å²) in [6.45, 7) is 3.03. The molecule has 2 aliphatic carbocycles. The molecule has 0 aliphatic heterocycles. The summed E-state index contributed by atoms with van der Waals surface area (Å²) in [5.74, 6) is -1.04. The van der Waals surface area contributed by atoms with Gasteiger partial charge in [0.15, 0.2) is 0 Å². The molecular formula is C25H28F3N3O5. The molecular weight excluding hydrogens is 479 g/mol. The van der Waals surface area contributed by atoms with E-state index in [0.717, 1.165) is 10.6 Å². The fraction of sp³-hybridized carbons (Fsp3) is 0.520. The summed E-state index contributed by atoms with van der Waals surface area (Å²) in [6, 6.07) is 2.44. The number of nitrogens with zero attached hydrogens (tertiary/aromatic N) is 2. The van der Waals surface area contributed by atoms with Gasteiger partial charge in [-0.1, -0.05) is 12.1 Å². The third kappa shape index (κ3) is 4.83. The largest absolute Gasteiger partial charge is 0.462 e. The fourth-order valence-corrected chi connectivity index (χ4v) is 5.43. The number of benzene rings is 1. The number of hydrogen-bond acceptors (Lipinski definition) is 5. The van der Waals surface area contributed by atoms with E-state index < -0.39 is 35.0 Å². The number of alkyl halides is 3. The zero-order valence-corrected chi connectivity index (χ0v) is 20.1. The molecule has 2 aliphatic rings. The normalized spacial score (nSPS) is 21.6. The molecule has 8 nitrogen and oxygen atoms in total. The predicted molar refractivity (Wildman–Crippen MR) is 124 cm³/mol. The van der Waals surface area contributed by atoms with Gasteiger partial charge in [0.05, 0.1) is 18.2 Å². The molecule has 1 atom stereocenters. The van der Waals surface area contributed by atoms with E-state index >= 15 is 0 Å². The summed E-state index contributed by atoms with van der Waals surface area (Å²) in [7, 11) is 0. The first-order valence-electron chi connectivity index (χ1n) is 12.0. The summed E-state index contributed by atoms with van der Waals surface area (Å²) in [4.78, 5) is 51.0. The molecule has 1 aromatic heterocycles. The van der Waals surface area contributed by atoms with Crippen molar-refractivity contribution in [3.63, 3.8) is 0 Å². The van der Waals surface area contributed by atoms with Crippen LogP contribution in [0.4, 0.5) is 13.2 Å². The number of nitrogens with one attached hydrogen (secondary N) is 1. The molecule has 11 heteroatoms. The molecule has 0 radical (unpaired) electrons. The number of rotatable bonds is 5. The van der Waals surface area contributed by atoms with Gasteiger partial charge in [-0.15, -0.1) is 0 Å². The van der Waals surface area contributed by atoms with Gasteiger partial charge in [0.2, 0.25) is 5.91 Å². The topological polar surface area (TPSA) is 99.4 Å². The highest BCUT2D eigenvalue weighted by atomic mass is 19.4. The van der Waals surface area contributed by atoms with Crippen LogP contribution in [0.2, 0.25) is 0 Å². The molecule has 1 N–H and O–H groups in total. The van der Waals surface area contributed by atoms with Gasteiger partial charge in [-0.3, -0.25) is 18.7 Å². The average molecular weight is 508 g/mol. The molecule has 1 amide bonds. The number of esters is 1. The Hall–Kier alpha value is -3.37. The molecule has 1 aromatic carbocycles. The zero-order valence-electron chi connectivity index (χ0n) is 20.1. The monoisotopic (exact) mass is 507 g/mol. The minimum absolute atomic E-state index is 0.0143. The fourth-order valence-electron chi connectivity index (χ4n) is 5.43. The molecule has 1 fully saturated rings. The number of amides is 1. The van der Waals surface area contributed by atoms with Crippen LogP contribution in [0.1, 0.15) is 85.1 Å². The number of hydrogen-bond donors (Lipinski definition) is 1. The summed E-state index contributed by atoms with van der Waals surface area (Å²) in [5, 5.41) is 2.86. The standard InChI is InChI=1S/C25H28F3N3O5/c1-3-36-23(34)19-13-30(16-9-7-15(8-10-16)29-14(2)32)24(35)31(22(19)33)21-12-11-17-18(21)5-4-6-20(17)25(26,27)28/h4-6,13,15-16,21H,3,7-12H2,1-2H3,(H,29,32)/t15-,16-,21-/m1/s1. The third-order valence-electron chi connectivity index (χ3n) is 6.99. The highest BCUT2D eigenvalue weighted by Crippen LogP contribution is 2.41. The Morgan fingerprint density at radius 1 is 1.11 bits per heavy atom. The summed E-state index contributed by atoms with van der Waals surface area (Å²) < 4.78 is 48.0. The van der Waals surface area contributed by atoms with E-state index in [1.165, 1.54) is 29.8 Å². The first-order chi connectivity index (χ1) is 17.0. The van der Waals surface area contributed by atoms with Gasteiger partial charge >= 0.3 is 17.8 Å². The van der Waals surface area contributed by atoms with Gasteiger partial charge in [-0.05, 0) is 62.6 Å². The molecule has 36 heavy (non-hydrogen) atoms. The van der Waals surface area contributed by atoms with Crippen molar-refractivity contribution in [2.75, 3.05) is 6.61 Å². The van der Waals surface area contributed by atoms with Crippen molar-refractivity contribution in [1.82, 2.24) is 14.5 Å². The third-order valence-corrected chi connectivity index (χ3v) is 6.99. The predicted octanol–water partition coefficient (Wildman–Crippen LogP) is 3.36. The second-order valence-electron chi connectivity index (χ2n) is 9.26. The van der Waals surface area contributed by atoms with Gasteiger partial charge in [0.25, 0.3) is 5.56 Å². The van der Waals surface area contributed by atoms with E-state index in [-0.39, 0.29) is 54.1 Å². The van der Waals surface area contributed by atoms with Gasteiger partial charge in [-0.25, -0.2) is 9.59 Å². The summed E-state index contributed by atoms with van der Waals surface area (Å²) in [6.07, 6.45) is -0.936. The number of carbonyl (C=O) groups excluding carboxylic acids is 2. The van der Waals surface area contributed by atoms with E-state index in [1.807, 2.05) is 0 Å². The van der Waals surface area contributed by atoms with Crippen molar-refractivity contribution < 1.29 is 27.5 Å². The van der Waals surface area contributed by atoms with E-state index in [9.17, 15) is 32.3 Å². The molecule has 1 heterocycles. The smallest absolute Gasteiger partial charge is 0.416 e. The average Bonchev–Trinajstić information content (AvgIpc) is 3.23. The molecule has 0 bridgehead atoms. The van der Waals surface area contributed by atoms with Crippen LogP contribution in [0.15, 0.2) is 34.0 Å². The van der Waals surface area contributed by atoms with Gasteiger partial charge < -0.3 is 10.1 Å². The highest BCUT2D eigenvalue weighted by Gasteiger charge is 2.39.